The number of rotatable bonds is 2. The quantitative estimate of drug-likeness (QED) is 0.216. The van der Waals surface area contributed by atoms with Crippen LogP contribution in [0.4, 0.5) is 34.1 Å². The van der Waals surface area contributed by atoms with E-state index in [0.717, 1.165) is 5.69 Å². The fourth-order valence-corrected chi connectivity index (χ4v) is 7.17. The first-order valence-corrected chi connectivity index (χ1v) is 15.1. The molecule has 0 atom stereocenters. The Bertz CT molecular complexity index is 1790. The molecule has 2 aliphatic rings. The number of anilines is 6. The van der Waals surface area contributed by atoms with E-state index >= 15 is 0 Å². The van der Waals surface area contributed by atoms with Gasteiger partial charge in [-0.1, -0.05) is 121 Å². The molecule has 5 aromatic rings. The van der Waals surface area contributed by atoms with Crippen LogP contribution in [0, 0.1) is 0 Å². The lowest BCUT2D eigenvalue weighted by atomic mass is 9.71. The molecule has 0 radical (unpaired) electrons. The van der Waals surface area contributed by atoms with E-state index in [9.17, 15) is 0 Å². The van der Waals surface area contributed by atoms with Gasteiger partial charge < -0.3 is 9.80 Å². The fraction of sp³-hybridized carbons (Fsp3) is 0.250. The minimum Gasteiger partial charge on any atom is -0.310 e. The van der Waals surface area contributed by atoms with E-state index < -0.39 is 0 Å². The summed E-state index contributed by atoms with van der Waals surface area (Å²) in [6.45, 7) is 16.3. The van der Waals surface area contributed by atoms with E-state index in [1.807, 2.05) is 0 Å². The lowest BCUT2D eigenvalue weighted by molar-refractivity contribution is 0.580. The van der Waals surface area contributed by atoms with Crippen molar-refractivity contribution in [3.63, 3.8) is 0 Å². The van der Waals surface area contributed by atoms with Gasteiger partial charge in [-0.15, -0.1) is 0 Å². The minimum absolute atomic E-state index is 0.0790. The number of hydrogen-bond donors (Lipinski definition) is 0. The molecule has 0 unspecified atom stereocenters. The number of hydrogen-bond acceptors (Lipinski definition) is 2. The zero-order valence-electron chi connectivity index (χ0n) is 25.9. The maximum Gasteiger partial charge on any atom is 0.0502 e. The summed E-state index contributed by atoms with van der Waals surface area (Å²) < 4.78 is 0. The monoisotopic (exact) mass is 548 g/mol. The fourth-order valence-electron chi connectivity index (χ4n) is 7.17. The molecule has 0 aromatic heterocycles. The molecule has 7 rings (SSSR count). The minimum atomic E-state index is -0.113. The van der Waals surface area contributed by atoms with E-state index in [1.165, 1.54) is 56.3 Å². The molecule has 2 nitrogen and oxygen atoms in total. The van der Waals surface area contributed by atoms with Gasteiger partial charge in [0.25, 0.3) is 0 Å². The van der Waals surface area contributed by atoms with Crippen molar-refractivity contribution in [1.29, 1.82) is 0 Å². The second-order valence-electron chi connectivity index (χ2n) is 14.0. The van der Waals surface area contributed by atoms with Gasteiger partial charge in [0.1, 0.15) is 0 Å². The van der Waals surface area contributed by atoms with Crippen LogP contribution in [0.3, 0.4) is 0 Å². The predicted octanol–water partition coefficient (Wildman–Crippen LogP) is 11.2. The summed E-state index contributed by atoms with van der Waals surface area (Å²) in [5, 5.41) is 0. The summed E-state index contributed by atoms with van der Waals surface area (Å²) in [5.41, 5.74) is 14.0. The van der Waals surface area contributed by atoms with Crippen molar-refractivity contribution in [3.8, 4) is 0 Å². The van der Waals surface area contributed by atoms with Crippen LogP contribution < -0.4 is 9.80 Å². The molecule has 0 N–H and O–H groups in total. The molecule has 0 saturated carbocycles. The molecule has 2 heterocycles. The van der Waals surface area contributed by atoms with Crippen molar-refractivity contribution in [2.75, 3.05) is 9.80 Å². The molecule has 0 bridgehead atoms. The molecule has 0 aliphatic carbocycles. The van der Waals surface area contributed by atoms with Crippen molar-refractivity contribution in [2.24, 2.45) is 0 Å². The topological polar surface area (TPSA) is 6.48 Å². The Morgan fingerprint density at radius 3 is 1.29 bits per heavy atom. The smallest absolute Gasteiger partial charge is 0.0502 e. The highest BCUT2D eigenvalue weighted by molar-refractivity contribution is 5.90. The van der Waals surface area contributed by atoms with Crippen molar-refractivity contribution < 1.29 is 0 Å². The Balaban J connectivity index is 1.44. The lowest BCUT2D eigenvalue weighted by Gasteiger charge is -2.44. The molecule has 5 aromatic carbocycles. The van der Waals surface area contributed by atoms with Gasteiger partial charge in [0.2, 0.25) is 0 Å². The van der Waals surface area contributed by atoms with Crippen molar-refractivity contribution in [2.45, 2.75) is 64.7 Å². The van der Waals surface area contributed by atoms with Gasteiger partial charge in [-0.2, -0.15) is 0 Å². The van der Waals surface area contributed by atoms with E-state index in [1.54, 1.807) is 0 Å². The Labute approximate surface area is 251 Å². The molecule has 0 amide bonds. The Morgan fingerprint density at radius 1 is 0.429 bits per heavy atom. The lowest BCUT2D eigenvalue weighted by Crippen LogP contribution is -2.32. The Kier molecular flexibility index (Phi) is 5.76. The molecule has 2 aliphatic heterocycles. The molecular weight excluding hydrogens is 508 g/mol. The third-order valence-corrected chi connectivity index (χ3v) is 9.58. The zero-order chi connectivity index (χ0) is 29.4. The second-order valence-corrected chi connectivity index (χ2v) is 14.0. The summed E-state index contributed by atoms with van der Waals surface area (Å²) in [7, 11) is 0. The number of fused-ring (bicyclic) bond motifs is 4. The average Bonchev–Trinajstić information content (AvgIpc) is 2.97. The number of nitrogens with zero attached hydrogens (tertiary/aromatic N) is 2. The highest BCUT2D eigenvalue weighted by Gasteiger charge is 2.39. The van der Waals surface area contributed by atoms with Gasteiger partial charge in [-0.25, -0.2) is 0 Å². The SMILES string of the molecule is CC(C)(C)c1ccc2c(c1)C(C)(C)c1ccccc1N2c1cccc(N2c3ccccc3C(C)(C)c3ccccc32)c1. The Morgan fingerprint density at radius 2 is 0.833 bits per heavy atom. The molecule has 0 fully saturated rings. The van der Waals surface area contributed by atoms with Crippen LogP contribution in [-0.4, -0.2) is 0 Å². The third kappa shape index (κ3) is 3.85. The highest BCUT2D eigenvalue weighted by atomic mass is 15.2. The van der Waals surface area contributed by atoms with Gasteiger partial charge in [0.15, 0.2) is 0 Å². The summed E-state index contributed by atoms with van der Waals surface area (Å²) >= 11 is 0. The summed E-state index contributed by atoms with van der Waals surface area (Å²) in [6, 6.07) is 42.9. The van der Waals surface area contributed by atoms with Crippen LogP contribution >= 0.6 is 0 Å². The highest BCUT2D eigenvalue weighted by Crippen LogP contribution is 2.55. The van der Waals surface area contributed by atoms with Crippen LogP contribution in [0.5, 0.6) is 0 Å². The standard InChI is InChI=1S/C40H40N2/c1-38(2,3)27-23-24-37-33(25-27)40(6,7)32-19-10-13-22-36(32)42(37)29-16-14-15-28(26-29)41-34-20-11-8-17-30(34)39(4,5)31-18-9-12-21-35(31)41/h8-26H,1-7H3. The zero-order valence-corrected chi connectivity index (χ0v) is 25.9. The van der Waals surface area contributed by atoms with E-state index in [-0.39, 0.29) is 16.2 Å². The molecule has 2 heteroatoms. The Hall–Kier alpha value is -4.30. The van der Waals surface area contributed by atoms with Crippen LogP contribution in [0.25, 0.3) is 0 Å². The second kappa shape index (κ2) is 9.10. The molecule has 0 saturated heterocycles. The van der Waals surface area contributed by atoms with E-state index in [4.69, 9.17) is 0 Å². The molecule has 210 valence electrons. The normalized spacial score (nSPS) is 16.3. The van der Waals surface area contributed by atoms with Crippen molar-refractivity contribution in [3.05, 3.63) is 143 Å². The van der Waals surface area contributed by atoms with Crippen LogP contribution in [-0.2, 0) is 16.2 Å². The summed E-state index contributed by atoms with van der Waals surface area (Å²) in [5.74, 6) is 0. The van der Waals surface area contributed by atoms with Gasteiger partial charge in [-0.3, -0.25) is 0 Å². The third-order valence-electron chi connectivity index (χ3n) is 9.58. The first kappa shape index (κ1) is 26.6. The van der Waals surface area contributed by atoms with E-state index in [0.29, 0.717) is 0 Å². The van der Waals surface area contributed by atoms with Crippen LogP contribution in [0.1, 0.15) is 76.3 Å². The van der Waals surface area contributed by atoms with Gasteiger partial charge in [0, 0.05) is 22.2 Å². The molecule has 0 spiro atoms. The maximum atomic E-state index is 2.47. The van der Waals surface area contributed by atoms with E-state index in [2.05, 4.69) is 174 Å². The van der Waals surface area contributed by atoms with Gasteiger partial charge in [0.05, 0.1) is 22.7 Å². The summed E-state index contributed by atoms with van der Waals surface area (Å²) in [4.78, 5) is 4.92. The maximum absolute atomic E-state index is 2.47. The van der Waals surface area contributed by atoms with Crippen molar-refractivity contribution >= 4 is 34.1 Å². The number of para-hydroxylation sites is 3. The first-order valence-electron chi connectivity index (χ1n) is 15.1. The van der Waals surface area contributed by atoms with Gasteiger partial charge >= 0.3 is 0 Å². The molecule has 42 heavy (non-hydrogen) atoms. The average molecular weight is 549 g/mol. The predicted molar refractivity (Wildman–Crippen MR) is 179 cm³/mol. The summed E-state index contributed by atoms with van der Waals surface area (Å²) in [6.07, 6.45) is 0. The largest absolute Gasteiger partial charge is 0.310 e. The van der Waals surface area contributed by atoms with Crippen LogP contribution in [0.15, 0.2) is 115 Å². The number of benzene rings is 5. The molecular formula is C40H40N2. The van der Waals surface area contributed by atoms with Gasteiger partial charge in [-0.05, 0) is 75.7 Å². The van der Waals surface area contributed by atoms with Crippen LogP contribution in [0.2, 0.25) is 0 Å². The first-order chi connectivity index (χ1) is 20.0. The van der Waals surface area contributed by atoms with Crippen molar-refractivity contribution in [1.82, 2.24) is 0 Å².